The molecule has 1 unspecified atom stereocenters. The molecule has 0 radical (unpaired) electrons. The van der Waals surface area contributed by atoms with Crippen molar-refractivity contribution >= 4 is 12.1 Å². The van der Waals surface area contributed by atoms with E-state index in [2.05, 4.69) is 17.5 Å². The van der Waals surface area contributed by atoms with Crippen LogP contribution in [0.1, 0.15) is 38.5 Å². The van der Waals surface area contributed by atoms with Crippen molar-refractivity contribution in [3.63, 3.8) is 0 Å². The number of carboxylic acid groups (broad SMARTS) is 1. The molecule has 1 aliphatic carbocycles. The van der Waals surface area contributed by atoms with Gasteiger partial charge in [0.2, 0.25) is 0 Å². The lowest BCUT2D eigenvalue weighted by Crippen LogP contribution is -2.31. The van der Waals surface area contributed by atoms with Gasteiger partial charge in [-0.3, -0.25) is 0 Å². The number of amides is 1. The Hall–Kier alpha value is -2.48. The van der Waals surface area contributed by atoms with Gasteiger partial charge < -0.3 is 129 Å². The summed E-state index contributed by atoms with van der Waals surface area (Å²) in [7, 11) is 0. The highest BCUT2D eigenvalue weighted by atomic mass is 16.6. The van der Waals surface area contributed by atoms with E-state index in [4.69, 9.17) is 124 Å². The first-order valence-corrected chi connectivity index (χ1v) is 31.9. The Morgan fingerprint density at radius 1 is 0.281 bits per heavy atom. The molecule has 1 rings (SSSR count). The normalized spacial score (nSPS) is 13.6. The summed E-state index contributed by atoms with van der Waals surface area (Å²) in [5.74, 6) is -1.00. The van der Waals surface area contributed by atoms with E-state index in [1.54, 1.807) is 0 Å². The average molecular weight is 1300 g/mol. The van der Waals surface area contributed by atoms with Crippen molar-refractivity contribution < 1.29 is 133 Å². The van der Waals surface area contributed by atoms with Gasteiger partial charge in [-0.25, -0.2) is 9.59 Å². The summed E-state index contributed by atoms with van der Waals surface area (Å²) in [6.45, 7) is 22.2. The largest absolute Gasteiger partial charge is 0.480 e. The van der Waals surface area contributed by atoms with Crippen molar-refractivity contribution in [1.29, 1.82) is 0 Å². The summed E-state index contributed by atoms with van der Waals surface area (Å²) in [6.07, 6.45) is 9.54. The maximum atomic E-state index is 12.0. The minimum absolute atomic E-state index is 0.0175. The van der Waals surface area contributed by atoms with Gasteiger partial charge in [-0.05, 0) is 38.5 Å². The van der Waals surface area contributed by atoms with Crippen molar-refractivity contribution in [2.45, 2.75) is 44.6 Å². The molecule has 0 fully saturated rings. The zero-order valence-electron chi connectivity index (χ0n) is 53.6. The third-order valence-electron chi connectivity index (χ3n) is 11.5. The van der Waals surface area contributed by atoms with E-state index < -0.39 is 5.97 Å². The van der Waals surface area contributed by atoms with Crippen LogP contribution in [0, 0.1) is 0 Å². The molecule has 0 aromatic heterocycles. The molecule has 0 saturated carbocycles. The molecule has 0 aromatic rings. The Morgan fingerprint density at radius 3 is 0.742 bits per heavy atom. The Balaban J connectivity index is 1.59. The maximum Gasteiger partial charge on any atom is 0.407 e. The lowest BCUT2D eigenvalue weighted by Gasteiger charge is -2.18. The molecule has 29 nitrogen and oxygen atoms in total. The third-order valence-corrected chi connectivity index (χ3v) is 11.5. The van der Waals surface area contributed by atoms with Crippen LogP contribution in [0.15, 0.2) is 12.2 Å². The molecular weight excluding hydrogens is 1180 g/mol. The second-order valence-corrected chi connectivity index (χ2v) is 18.8. The van der Waals surface area contributed by atoms with Crippen molar-refractivity contribution in [2.75, 3.05) is 324 Å². The Bertz CT molecular complexity index is 1420. The molecule has 0 heterocycles. The van der Waals surface area contributed by atoms with E-state index in [-0.39, 0.29) is 25.4 Å². The number of carbonyl (C=O) groups is 2. The fourth-order valence-corrected chi connectivity index (χ4v) is 7.02. The zero-order chi connectivity index (χ0) is 63.4. The highest BCUT2D eigenvalue weighted by Gasteiger charge is 2.14. The number of carboxylic acids is 1. The summed E-state index contributed by atoms with van der Waals surface area (Å²) in [5, 5.41) is 11.2. The molecule has 1 aliphatic rings. The highest BCUT2D eigenvalue weighted by Crippen LogP contribution is 2.15. The number of hydrogen-bond acceptors (Lipinski definition) is 27. The van der Waals surface area contributed by atoms with Gasteiger partial charge in [0.1, 0.15) is 12.7 Å². The first kappa shape index (κ1) is 84.5. The van der Waals surface area contributed by atoms with E-state index in [1.165, 1.54) is 0 Å². The Morgan fingerprint density at radius 2 is 0.494 bits per heavy atom. The lowest BCUT2D eigenvalue weighted by molar-refractivity contribution is -0.142. The highest BCUT2D eigenvalue weighted by molar-refractivity contribution is 5.68. The van der Waals surface area contributed by atoms with Crippen LogP contribution in [0.3, 0.4) is 0 Å². The molecule has 528 valence electrons. The molecule has 1 atom stereocenters. The van der Waals surface area contributed by atoms with Gasteiger partial charge in [-0.15, -0.1) is 0 Å². The van der Waals surface area contributed by atoms with E-state index in [0.717, 1.165) is 38.5 Å². The Kier molecular flexibility index (Phi) is 72.4. The molecule has 0 aromatic carbocycles. The number of rotatable bonds is 76. The van der Waals surface area contributed by atoms with Gasteiger partial charge >= 0.3 is 12.1 Å². The van der Waals surface area contributed by atoms with Crippen LogP contribution in [0.4, 0.5) is 4.79 Å². The van der Waals surface area contributed by atoms with E-state index in [0.29, 0.717) is 310 Å². The molecule has 89 heavy (non-hydrogen) atoms. The van der Waals surface area contributed by atoms with Crippen LogP contribution >= 0.6 is 0 Å². The number of allylic oxidation sites excluding steroid dienone is 2. The number of alkyl carbamates (subject to hydrolysis) is 1. The predicted molar refractivity (Wildman–Crippen MR) is 322 cm³/mol. The molecule has 2 N–H and O–H groups in total. The molecule has 1 amide bonds. The molecular formula is C60H115NO28. The molecule has 29 heteroatoms. The van der Waals surface area contributed by atoms with Crippen molar-refractivity contribution in [2.24, 2.45) is 0 Å². The summed E-state index contributed by atoms with van der Waals surface area (Å²) in [6, 6.07) is 0. The first-order valence-electron chi connectivity index (χ1n) is 31.9. The van der Waals surface area contributed by atoms with Crippen LogP contribution in [-0.2, 0) is 123 Å². The number of nitrogens with one attached hydrogen (secondary N) is 1. The fraction of sp³-hybridized carbons (Fsp3) is 0.933. The molecule has 0 saturated heterocycles. The Labute approximate surface area is 529 Å². The monoisotopic (exact) mass is 1300 g/mol. The summed E-state index contributed by atoms with van der Waals surface area (Å²) in [4.78, 5) is 22.3. The predicted octanol–water partition coefficient (Wildman–Crippen LogP) is 2.47. The smallest absolute Gasteiger partial charge is 0.407 e. The second-order valence-electron chi connectivity index (χ2n) is 18.8. The summed E-state index contributed by atoms with van der Waals surface area (Å²) in [5.41, 5.74) is 0. The van der Waals surface area contributed by atoms with E-state index >= 15 is 0 Å². The molecule has 0 aliphatic heterocycles. The molecule has 0 spiro atoms. The van der Waals surface area contributed by atoms with Crippen LogP contribution in [0.2, 0.25) is 0 Å². The third kappa shape index (κ3) is 74.4. The van der Waals surface area contributed by atoms with Crippen molar-refractivity contribution in [3.8, 4) is 0 Å². The lowest BCUT2D eigenvalue weighted by atomic mass is 10.0. The summed E-state index contributed by atoms with van der Waals surface area (Å²) < 4.78 is 137. The van der Waals surface area contributed by atoms with Gasteiger partial charge in [0.25, 0.3) is 0 Å². The van der Waals surface area contributed by atoms with E-state index in [1.807, 2.05) is 0 Å². The van der Waals surface area contributed by atoms with Crippen LogP contribution in [0.5, 0.6) is 0 Å². The van der Waals surface area contributed by atoms with E-state index in [9.17, 15) is 9.59 Å². The van der Waals surface area contributed by atoms with Gasteiger partial charge in [0.05, 0.1) is 297 Å². The van der Waals surface area contributed by atoms with Crippen LogP contribution in [0.25, 0.3) is 0 Å². The van der Waals surface area contributed by atoms with Gasteiger partial charge in [0, 0.05) is 19.8 Å². The van der Waals surface area contributed by atoms with Crippen molar-refractivity contribution in [1.82, 2.24) is 5.32 Å². The number of aliphatic carboxylic acids is 1. The minimum Gasteiger partial charge on any atom is -0.480 e. The minimum atomic E-state index is -1.00. The van der Waals surface area contributed by atoms with Crippen molar-refractivity contribution in [3.05, 3.63) is 12.2 Å². The van der Waals surface area contributed by atoms with Gasteiger partial charge in [-0.2, -0.15) is 0 Å². The van der Waals surface area contributed by atoms with Crippen LogP contribution < -0.4 is 5.32 Å². The number of carbonyl (C=O) groups excluding carboxylic acids is 1. The standard InChI is InChI=1S/C60H115NO28/c62-59(63)57-88-56-55-87-54-53-86-52-51-85-50-49-84-48-47-83-46-45-82-44-43-81-42-41-80-40-38-78-35-32-75-29-26-72-23-20-69-17-14-66-11-6-10-65-13-16-68-19-22-71-25-28-74-31-34-77-37-39-79-36-33-76-30-27-73-24-21-70-18-15-67-12-9-61-60(64)89-58-7-4-2-1-3-5-8-58/h1-2,58H,3-57H2,(H,61,64)(H,62,63). The van der Waals surface area contributed by atoms with Gasteiger partial charge in [-0.1, -0.05) is 12.2 Å². The fourth-order valence-electron chi connectivity index (χ4n) is 7.02. The zero-order valence-corrected chi connectivity index (χ0v) is 53.6. The quantitative estimate of drug-likeness (QED) is 0.0653. The maximum absolute atomic E-state index is 12.0. The topological polar surface area (TPSA) is 297 Å². The first-order chi connectivity index (χ1) is 44.2. The average Bonchev–Trinajstić information content (AvgIpc) is 3.57. The number of hydrogen-bond donors (Lipinski definition) is 2. The molecule has 0 bridgehead atoms. The SMILES string of the molecule is O=C(O)COCCOCCOCCOCCOCCOCCOCCOCCOCCOCCOCCOCCOCCOCCCOCCOCCOCCOCCOCCOCCOCCOCCOCCOCCNC(=O)OC1CCC=CCCC1. The summed E-state index contributed by atoms with van der Waals surface area (Å²) >= 11 is 0. The van der Waals surface area contributed by atoms with Gasteiger partial charge in [0.15, 0.2) is 0 Å². The number of ether oxygens (including phenoxy) is 25. The second kappa shape index (κ2) is 76.2. The van der Waals surface area contributed by atoms with Crippen LogP contribution in [-0.4, -0.2) is 347 Å².